The summed E-state index contributed by atoms with van der Waals surface area (Å²) >= 11 is 0. The highest BCUT2D eigenvalue weighted by Crippen LogP contribution is 2.18. The van der Waals surface area contributed by atoms with Crippen molar-refractivity contribution in [1.29, 1.82) is 0 Å². The van der Waals surface area contributed by atoms with E-state index in [4.69, 9.17) is 9.15 Å². The van der Waals surface area contributed by atoms with Crippen molar-refractivity contribution >= 4 is 33.4 Å². The average Bonchev–Trinajstić information content (AvgIpc) is 3.32. The molecule has 2 aromatic carbocycles. The predicted octanol–water partition coefficient (Wildman–Crippen LogP) is 3.45. The Balaban J connectivity index is 1.67. The zero-order chi connectivity index (χ0) is 24.9. The third-order valence-electron chi connectivity index (χ3n) is 4.97. The number of amides is 1. The molecule has 0 aliphatic carbocycles. The van der Waals surface area contributed by atoms with Gasteiger partial charge in [-0.2, -0.15) is 0 Å². The number of ketones is 1. The van der Waals surface area contributed by atoms with Crippen LogP contribution in [-0.4, -0.2) is 32.2 Å². The number of carbonyl (C=O) groups is 3. The molecule has 0 saturated carbocycles. The number of furan rings is 1. The van der Waals surface area contributed by atoms with E-state index in [1.165, 1.54) is 38.3 Å². The zero-order valence-electron chi connectivity index (χ0n) is 18.8. The van der Waals surface area contributed by atoms with Crippen molar-refractivity contribution in [3.05, 3.63) is 83.3 Å². The monoisotopic (exact) mass is 484 g/mol. The molecular weight excluding hydrogens is 460 g/mol. The molecule has 3 rings (SSSR count). The lowest BCUT2D eigenvalue weighted by Crippen LogP contribution is -2.30. The van der Waals surface area contributed by atoms with Gasteiger partial charge in [-0.25, -0.2) is 17.9 Å². The first-order chi connectivity index (χ1) is 16.1. The second-order valence-corrected chi connectivity index (χ2v) is 9.32. The van der Waals surface area contributed by atoms with Crippen LogP contribution in [0.25, 0.3) is 0 Å². The van der Waals surface area contributed by atoms with Gasteiger partial charge in [0.15, 0.2) is 11.9 Å². The maximum absolute atomic E-state index is 12.7. The largest absolute Gasteiger partial charge is 0.468 e. The van der Waals surface area contributed by atoms with E-state index in [1.54, 1.807) is 43.3 Å². The quantitative estimate of drug-likeness (QED) is 0.351. The number of Topliss-reactive ketones (excluding diaryl/α,β-unsaturated/α-hetero) is 1. The van der Waals surface area contributed by atoms with E-state index in [0.717, 1.165) is 0 Å². The van der Waals surface area contributed by atoms with E-state index < -0.39 is 28.0 Å². The first-order valence-electron chi connectivity index (χ1n) is 10.3. The minimum atomic E-state index is -3.93. The summed E-state index contributed by atoms with van der Waals surface area (Å²) in [6.07, 6.45) is 0.277. The van der Waals surface area contributed by atoms with E-state index in [2.05, 4.69) is 10.0 Å². The van der Waals surface area contributed by atoms with Crippen molar-refractivity contribution in [2.75, 3.05) is 5.32 Å². The molecule has 1 heterocycles. The number of ether oxygens (including phenoxy) is 1. The Morgan fingerprint density at radius 1 is 1.06 bits per heavy atom. The zero-order valence-corrected chi connectivity index (χ0v) is 19.6. The molecule has 1 atom stereocenters. The molecule has 0 saturated heterocycles. The van der Waals surface area contributed by atoms with Gasteiger partial charge in [-0.1, -0.05) is 6.07 Å². The Labute approximate surface area is 197 Å². The van der Waals surface area contributed by atoms with E-state index in [1.807, 2.05) is 0 Å². The molecule has 1 aromatic heterocycles. The van der Waals surface area contributed by atoms with Crippen LogP contribution in [0.3, 0.4) is 0 Å². The third kappa shape index (κ3) is 6.18. The van der Waals surface area contributed by atoms with Crippen molar-refractivity contribution in [3.8, 4) is 0 Å². The molecule has 1 unspecified atom stereocenters. The standard InChI is InChI=1S/C24H24N2O7S/c1-15-6-11-21(34(30,31)25-14-20-5-4-12-32-20)13-22(15)24(29)33-17(3)23(28)26-19-9-7-18(8-10-19)16(2)27/h4-13,17,25H,14H2,1-3H3,(H,26,28). The highest BCUT2D eigenvalue weighted by Gasteiger charge is 2.23. The highest BCUT2D eigenvalue weighted by atomic mass is 32.2. The molecule has 0 aliphatic rings. The van der Waals surface area contributed by atoms with Crippen LogP contribution in [-0.2, 0) is 26.1 Å². The van der Waals surface area contributed by atoms with Gasteiger partial charge in [-0.3, -0.25) is 9.59 Å². The van der Waals surface area contributed by atoms with Gasteiger partial charge in [0.05, 0.1) is 23.3 Å². The second kappa shape index (κ2) is 10.4. The Kier molecular flexibility index (Phi) is 7.64. The van der Waals surface area contributed by atoms with Gasteiger partial charge >= 0.3 is 5.97 Å². The van der Waals surface area contributed by atoms with Crippen molar-refractivity contribution in [2.45, 2.75) is 38.3 Å². The van der Waals surface area contributed by atoms with Crippen LogP contribution in [0, 0.1) is 6.92 Å². The summed E-state index contributed by atoms with van der Waals surface area (Å²) < 4.78 is 38.0. The molecule has 34 heavy (non-hydrogen) atoms. The third-order valence-corrected chi connectivity index (χ3v) is 6.37. The molecular formula is C24H24N2O7S. The number of aryl methyl sites for hydroxylation is 1. The molecule has 0 bridgehead atoms. The maximum Gasteiger partial charge on any atom is 0.339 e. The molecule has 1 amide bonds. The molecule has 0 fully saturated rings. The van der Waals surface area contributed by atoms with Crippen molar-refractivity contribution in [1.82, 2.24) is 4.72 Å². The number of hydrogen-bond acceptors (Lipinski definition) is 7. The SMILES string of the molecule is CC(=O)c1ccc(NC(=O)C(C)OC(=O)c2cc(S(=O)(=O)NCc3ccco3)ccc2C)cc1. The lowest BCUT2D eigenvalue weighted by Gasteiger charge is -2.15. The Hall–Kier alpha value is -3.76. The van der Waals surface area contributed by atoms with E-state index in [9.17, 15) is 22.8 Å². The molecule has 0 radical (unpaired) electrons. The highest BCUT2D eigenvalue weighted by molar-refractivity contribution is 7.89. The molecule has 2 N–H and O–H groups in total. The lowest BCUT2D eigenvalue weighted by molar-refractivity contribution is -0.123. The summed E-state index contributed by atoms with van der Waals surface area (Å²) in [6, 6.07) is 13.6. The lowest BCUT2D eigenvalue weighted by atomic mass is 10.1. The number of benzene rings is 2. The van der Waals surface area contributed by atoms with Gasteiger partial charge in [0.1, 0.15) is 5.76 Å². The Morgan fingerprint density at radius 2 is 1.76 bits per heavy atom. The summed E-state index contributed by atoms with van der Waals surface area (Å²) in [4.78, 5) is 36.4. The first kappa shape index (κ1) is 24.9. The van der Waals surface area contributed by atoms with Gasteiger partial charge < -0.3 is 14.5 Å². The molecule has 9 nitrogen and oxygen atoms in total. The number of sulfonamides is 1. The minimum Gasteiger partial charge on any atom is -0.468 e. The smallest absolute Gasteiger partial charge is 0.339 e. The van der Waals surface area contributed by atoms with Crippen LogP contribution >= 0.6 is 0 Å². The Bertz CT molecular complexity index is 1300. The normalized spacial score (nSPS) is 12.1. The fourth-order valence-electron chi connectivity index (χ4n) is 2.96. The van der Waals surface area contributed by atoms with Gasteiger partial charge in [0.2, 0.25) is 10.0 Å². The van der Waals surface area contributed by atoms with Crippen LogP contribution in [0.15, 0.2) is 70.2 Å². The van der Waals surface area contributed by atoms with E-state index in [0.29, 0.717) is 22.6 Å². The average molecular weight is 485 g/mol. The number of rotatable bonds is 9. The van der Waals surface area contributed by atoms with Crippen LogP contribution in [0.5, 0.6) is 0 Å². The second-order valence-electron chi connectivity index (χ2n) is 7.55. The number of nitrogens with one attached hydrogen (secondary N) is 2. The summed E-state index contributed by atoms with van der Waals surface area (Å²) in [5.74, 6) is -1.08. The van der Waals surface area contributed by atoms with Gasteiger partial charge in [-0.05, 0) is 74.9 Å². The van der Waals surface area contributed by atoms with Gasteiger partial charge in [0.25, 0.3) is 5.91 Å². The van der Waals surface area contributed by atoms with Gasteiger partial charge in [0, 0.05) is 11.3 Å². The van der Waals surface area contributed by atoms with Crippen molar-refractivity contribution in [2.24, 2.45) is 0 Å². The fraction of sp³-hybridized carbons (Fsp3) is 0.208. The topological polar surface area (TPSA) is 132 Å². The molecule has 178 valence electrons. The van der Waals surface area contributed by atoms with Crippen LogP contribution in [0.2, 0.25) is 0 Å². The van der Waals surface area contributed by atoms with Gasteiger partial charge in [-0.15, -0.1) is 0 Å². The Morgan fingerprint density at radius 3 is 2.38 bits per heavy atom. The van der Waals surface area contributed by atoms with Crippen molar-refractivity contribution < 1.29 is 32.0 Å². The fourth-order valence-corrected chi connectivity index (χ4v) is 3.98. The number of hydrogen-bond donors (Lipinski definition) is 2. The van der Waals surface area contributed by atoms with Crippen LogP contribution in [0.1, 0.15) is 45.9 Å². The summed E-state index contributed by atoms with van der Waals surface area (Å²) in [7, 11) is -3.93. The number of anilines is 1. The van der Waals surface area contributed by atoms with E-state index >= 15 is 0 Å². The molecule has 0 spiro atoms. The number of esters is 1. The summed E-state index contributed by atoms with van der Waals surface area (Å²) in [6.45, 7) is 4.42. The molecule has 3 aromatic rings. The van der Waals surface area contributed by atoms with E-state index in [-0.39, 0.29) is 22.8 Å². The summed E-state index contributed by atoms with van der Waals surface area (Å²) in [5, 5.41) is 2.60. The molecule has 10 heteroatoms. The predicted molar refractivity (Wildman–Crippen MR) is 124 cm³/mol. The van der Waals surface area contributed by atoms with Crippen LogP contribution in [0.4, 0.5) is 5.69 Å². The number of carbonyl (C=O) groups excluding carboxylic acids is 3. The molecule has 0 aliphatic heterocycles. The van der Waals surface area contributed by atoms with Crippen LogP contribution < -0.4 is 10.0 Å². The minimum absolute atomic E-state index is 0.0198. The van der Waals surface area contributed by atoms with Crippen molar-refractivity contribution in [3.63, 3.8) is 0 Å². The first-order valence-corrected chi connectivity index (χ1v) is 11.8. The summed E-state index contributed by atoms with van der Waals surface area (Å²) in [5.41, 5.74) is 1.44. The maximum atomic E-state index is 12.7.